The molecule has 1 N–H and O–H groups in total. The summed E-state index contributed by atoms with van der Waals surface area (Å²) < 4.78 is 5.85. The molecule has 1 aliphatic rings. The molecule has 7 heteroatoms. The molecule has 1 saturated heterocycles. The Kier molecular flexibility index (Phi) is 7.43. The van der Waals surface area contributed by atoms with E-state index in [0.717, 1.165) is 11.1 Å². The standard InChI is InChI=1S/C29H27Cl2NO4/c1-16(2)15-36-24-11-8-20(13-18(24)4)27(33)25-26(19-7-5-6-17(3)12-19)32(29(35)28(25)34)21-9-10-22(30)23(31)14-21/h5-14,16,26,33H,15H2,1-4H3/b27-25+. The van der Waals surface area contributed by atoms with Gasteiger partial charge in [-0.3, -0.25) is 14.5 Å². The number of ketones is 1. The summed E-state index contributed by atoms with van der Waals surface area (Å²) in [7, 11) is 0. The molecule has 0 aliphatic carbocycles. The van der Waals surface area contributed by atoms with Crippen LogP contribution in [0.3, 0.4) is 0 Å². The number of carbonyl (C=O) groups excluding carboxylic acids is 2. The first-order valence-electron chi connectivity index (χ1n) is 11.6. The highest BCUT2D eigenvalue weighted by Crippen LogP contribution is 2.43. The van der Waals surface area contributed by atoms with Gasteiger partial charge in [0.2, 0.25) is 0 Å². The number of benzene rings is 3. The predicted molar refractivity (Wildman–Crippen MR) is 144 cm³/mol. The van der Waals surface area contributed by atoms with Gasteiger partial charge in [-0.05, 0) is 67.3 Å². The zero-order chi connectivity index (χ0) is 26.1. The highest BCUT2D eigenvalue weighted by Gasteiger charge is 2.47. The molecule has 5 nitrogen and oxygen atoms in total. The second-order valence-electron chi connectivity index (χ2n) is 9.37. The third-order valence-electron chi connectivity index (χ3n) is 6.00. The summed E-state index contributed by atoms with van der Waals surface area (Å²) in [5.74, 6) is -0.713. The Balaban J connectivity index is 1.87. The molecule has 1 unspecified atom stereocenters. The number of ether oxygens (including phenoxy) is 1. The van der Waals surface area contributed by atoms with Gasteiger partial charge in [-0.1, -0.05) is 66.9 Å². The maximum atomic E-state index is 13.4. The lowest BCUT2D eigenvalue weighted by Gasteiger charge is -2.26. The Hall–Kier alpha value is -3.28. The highest BCUT2D eigenvalue weighted by molar-refractivity contribution is 6.52. The van der Waals surface area contributed by atoms with Crippen molar-refractivity contribution in [2.45, 2.75) is 33.7 Å². The number of anilines is 1. The summed E-state index contributed by atoms with van der Waals surface area (Å²) in [6.45, 7) is 8.49. The summed E-state index contributed by atoms with van der Waals surface area (Å²) in [6, 6.07) is 16.6. The summed E-state index contributed by atoms with van der Waals surface area (Å²) in [4.78, 5) is 28.0. The van der Waals surface area contributed by atoms with E-state index in [0.29, 0.717) is 40.1 Å². The first kappa shape index (κ1) is 25.8. The molecule has 36 heavy (non-hydrogen) atoms. The fraction of sp³-hybridized carbons (Fsp3) is 0.241. The molecular weight excluding hydrogens is 497 g/mol. The number of aliphatic hydroxyl groups is 1. The van der Waals surface area contributed by atoms with E-state index in [2.05, 4.69) is 13.8 Å². The van der Waals surface area contributed by atoms with Gasteiger partial charge < -0.3 is 9.84 Å². The molecular formula is C29H27Cl2NO4. The van der Waals surface area contributed by atoms with Crippen LogP contribution in [0.1, 0.15) is 42.1 Å². The largest absolute Gasteiger partial charge is 0.507 e. The summed E-state index contributed by atoms with van der Waals surface area (Å²) in [5.41, 5.74) is 3.29. The van der Waals surface area contributed by atoms with Gasteiger partial charge in [-0.2, -0.15) is 0 Å². The molecule has 1 heterocycles. The van der Waals surface area contributed by atoms with Gasteiger partial charge in [-0.25, -0.2) is 0 Å². The van der Waals surface area contributed by atoms with E-state index in [1.807, 2.05) is 38.1 Å². The van der Waals surface area contributed by atoms with Crippen LogP contribution >= 0.6 is 23.2 Å². The van der Waals surface area contributed by atoms with Crippen molar-refractivity contribution in [1.29, 1.82) is 0 Å². The van der Waals surface area contributed by atoms with E-state index in [1.54, 1.807) is 36.4 Å². The van der Waals surface area contributed by atoms with Crippen LogP contribution < -0.4 is 9.64 Å². The van der Waals surface area contributed by atoms with E-state index in [-0.39, 0.29) is 16.4 Å². The maximum Gasteiger partial charge on any atom is 0.300 e. The molecule has 1 aliphatic heterocycles. The summed E-state index contributed by atoms with van der Waals surface area (Å²) in [6.07, 6.45) is 0. The van der Waals surface area contributed by atoms with E-state index >= 15 is 0 Å². The number of aliphatic hydroxyl groups excluding tert-OH is 1. The topological polar surface area (TPSA) is 66.8 Å². The van der Waals surface area contributed by atoms with Crippen LogP contribution in [0.25, 0.3) is 5.76 Å². The van der Waals surface area contributed by atoms with Gasteiger partial charge in [0.1, 0.15) is 11.5 Å². The zero-order valence-corrected chi connectivity index (χ0v) is 22.0. The molecule has 0 radical (unpaired) electrons. The van der Waals surface area contributed by atoms with E-state index in [4.69, 9.17) is 27.9 Å². The Labute approximate surface area is 220 Å². The quantitative estimate of drug-likeness (QED) is 0.209. The molecule has 186 valence electrons. The van der Waals surface area contributed by atoms with E-state index in [9.17, 15) is 14.7 Å². The minimum absolute atomic E-state index is 0.00641. The first-order chi connectivity index (χ1) is 17.1. The third kappa shape index (κ3) is 4.99. The van der Waals surface area contributed by atoms with Crippen molar-refractivity contribution in [3.8, 4) is 5.75 Å². The second-order valence-corrected chi connectivity index (χ2v) is 10.2. The minimum atomic E-state index is -0.848. The SMILES string of the molecule is Cc1cccc(C2/C(=C(\O)c3ccc(OCC(C)C)c(C)c3)C(=O)C(=O)N2c2ccc(Cl)c(Cl)c2)c1. The highest BCUT2D eigenvalue weighted by atomic mass is 35.5. The fourth-order valence-corrected chi connectivity index (χ4v) is 4.55. The molecule has 4 rings (SSSR count). The van der Waals surface area contributed by atoms with Crippen molar-refractivity contribution in [3.63, 3.8) is 0 Å². The van der Waals surface area contributed by atoms with Crippen molar-refractivity contribution in [1.82, 2.24) is 0 Å². The number of Topliss-reactive ketones (excluding diaryl/α,β-unsaturated/α-hetero) is 1. The van der Waals surface area contributed by atoms with Crippen LogP contribution in [-0.4, -0.2) is 23.4 Å². The third-order valence-corrected chi connectivity index (χ3v) is 6.74. The number of aryl methyl sites for hydroxylation is 2. The minimum Gasteiger partial charge on any atom is -0.507 e. The van der Waals surface area contributed by atoms with Crippen LogP contribution in [0, 0.1) is 19.8 Å². The molecule has 0 spiro atoms. The molecule has 0 saturated carbocycles. The molecule has 1 amide bonds. The normalized spacial score (nSPS) is 17.2. The van der Waals surface area contributed by atoms with Crippen LogP contribution in [0.5, 0.6) is 5.75 Å². The number of hydrogen-bond donors (Lipinski definition) is 1. The van der Waals surface area contributed by atoms with Gasteiger partial charge in [-0.15, -0.1) is 0 Å². The molecule has 3 aromatic rings. The average molecular weight is 524 g/mol. The van der Waals surface area contributed by atoms with Crippen LogP contribution in [0.15, 0.2) is 66.2 Å². The van der Waals surface area contributed by atoms with Gasteiger partial charge in [0.15, 0.2) is 0 Å². The van der Waals surface area contributed by atoms with E-state index in [1.165, 1.54) is 4.90 Å². The van der Waals surface area contributed by atoms with E-state index < -0.39 is 17.7 Å². The Bertz CT molecular complexity index is 1380. The smallest absolute Gasteiger partial charge is 0.300 e. The zero-order valence-electron chi connectivity index (χ0n) is 20.5. The number of amides is 1. The maximum absolute atomic E-state index is 13.4. The first-order valence-corrected chi connectivity index (χ1v) is 12.4. The van der Waals surface area contributed by atoms with Gasteiger partial charge in [0, 0.05) is 11.3 Å². The number of hydrogen-bond acceptors (Lipinski definition) is 4. The summed E-state index contributed by atoms with van der Waals surface area (Å²) in [5, 5.41) is 12.0. The van der Waals surface area contributed by atoms with Crippen LogP contribution in [-0.2, 0) is 9.59 Å². The lowest BCUT2D eigenvalue weighted by molar-refractivity contribution is -0.132. The average Bonchev–Trinajstić information content (AvgIpc) is 3.10. The second kappa shape index (κ2) is 10.4. The number of nitrogens with zero attached hydrogens (tertiary/aromatic N) is 1. The van der Waals surface area contributed by atoms with Crippen molar-refractivity contribution >= 4 is 46.3 Å². The number of rotatable bonds is 6. The Morgan fingerprint density at radius 3 is 2.39 bits per heavy atom. The van der Waals surface area contributed by atoms with Gasteiger partial charge in [0.05, 0.1) is 28.3 Å². The molecule has 0 aromatic heterocycles. The van der Waals surface area contributed by atoms with Crippen molar-refractivity contribution in [2.75, 3.05) is 11.5 Å². The fourth-order valence-electron chi connectivity index (χ4n) is 4.26. The Morgan fingerprint density at radius 1 is 1.00 bits per heavy atom. The molecule has 1 atom stereocenters. The predicted octanol–water partition coefficient (Wildman–Crippen LogP) is 7.27. The van der Waals surface area contributed by atoms with Crippen molar-refractivity contribution < 1.29 is 19.4 Å². The van der Waals surface area contributed by atoms with Crippen LogP contribution in [0.4, 0.5) is 5.69 Å². The molecule has 1 fully saturated rings. The molecule has 0 bridgehead atoms. The van der Waals surface area contributed by atoms with Crippen molar-refractivity contribution in [2.24, 2.45) is 5.92 Å². The summed E-state index contributed by atoms with van der Waals surface area (Å²) >= 11 is 12.3. The molecule has 3 aromatic carbocycles. The van der Waals surface area contributed by atoms with Crippen molar-refractivity contribution in [3.05, 3.63) is 98.5 Å². The monoisotopic (exact) mass is 523 g/mol. The number of halogens is 2. The Morgan fingerprint density at radius 2 is 1.75 bits per heavy atom. The van der Waals surface area contributed by atoms with Gasteiger partial charge in [0.25, 0.3) is 11.7 Å². The lowest BCUT2D eigenvalue weighted by Crippen LogP contribution is -2.29. The number of carbonyl (C=O) groups is 2. The lowest BCUT2D eigenvalue weighted by atomic mass is 9.94. The van der Waals surface area contributed by atoms with Gasteiger partial charge >= 0.3 is 0 Å². The van der Waals surface area contributed by atoms with Crippen LogP contribution in [0.2, 0.25) is 10.0 Å².